The highest BCUT2D eigenvalue weighted by atomic mass is 35.5. The summed E-state index contributed by atoms with van der Waals surface area (Å²) in [6.45, 7) is 4.23. The van der Waals surface area contributed by atoms with Gasteiger partial charge in [-0.2, -0.15) is 0 Å². The van der Waals surface area contributed by atoms with E-state index in [1.807, 2.05) is 0 Å². The Morgan fingerprint density at radius 2 is 1.87 bits per heavy atom. The summed E-state index contributed by atoms with van der Waals surface area (Å²) in [7, 11) is 0. The third-order valence-electron chi connectivity index (χ3n) is 3.98. The second-order valence-corrected chi connectivity index (χ2v) is 6.08. The number of aryl methyl sites for hydroxylation is 1. The van der Waals surface area contributed by atoms with Gasteiger partial charge in [-0.1, -0.05) is 61.3 Å². The van der Waals surface area contributed by atoms with Gasteiger partial charge in [0, 0.05) is 0 Å². The number of aromatic nitrogens is 2. The number of halogens is 1. The van der Waals surface area contributed by atoms with Crippen molar-refractivity contribution in [1.82, 2.24) is 9.97 Å². The molecule has 3 aromatic rings. The molecule has 0 spiro atoms. The minimum atomic E-state index is 0.112. The minimum Gasteiger partial charge on any atom is -0.362 e. The van der Waals surface area contributed by atoms with Crippen LogP contribution in [0.4, 0.5) is 5.82 Å². The minimum absolute atomic E-state index is 0.112. The van der Waals surface area contributed by atoms with Crippen LogP contribution in [0.15, 0.2) is 48.8 Å². The van der Waals surface area contributed by atoms with E-state index in [2.05, 4.69) is 71.6 Å². The zero-order chi connectivity index (χ0) is 16.2. The number of rotatable bonds is 5. The van der Waals surface area contributed by atoms with Gasteiger partial charge >= 0.3 is 0 Å². The molecule has 1 atom stereocenters. The van der Waals surface area contributed by atoms with Crippen molar-refractivity contribution in [3.05, 3.63) is 65.1 Å². The van der Waals surface area contributed by atoms with Crippen molar-refractivity contribution in [3.8, 4) is 0 Å². The maximum Gasteiger partial charge on any atom is 0.148 e. The van der Waals surface area contributed by atoms with Crippen LogP contribution in [0.1, 0.15) is 37.6 Å². The molecule has 3 rings (SSSR count). The predicted octanol–water partition coefficient (Wildman–Crippen LogP) is 5.41. The molecule has 1 aromatic heterocycles. The molecule has 0 saturated heterocycles. The lowest BCUT2D eigenvalue weighted by Gasteiger charge is -2.17. The van der Waals surface area contributed by atoms with Gasteiger partial charge < -0.3 is 5.32 Å². The summed E-state index contributed by atoms with van der Waals surface area (Å²) in [6, 6.07) is 15.0. The first kappa shape index (κ1) is 15.8. The molecule has 1 unspecified atom stereocenters. The zero-order valence-corrected chi connectivity index (χ0v) is 14.1. The molecule has 4 heteroatoms. The molecule has 0 aliphatic heterocycles. The quantitative estimate of drug-likeness (QED) is 0.681. The molecule has 0 radical (unpaired) electrons. The summed E-state index contributed by atoms with van der Waals surface area (Å²) in [5.41, 5.74) is 2.10. The summed E-state index contributed by atoms with van der Waals surface area (Å²) in [4.78, 5) is 8.56. The lowest BCUT2D eigenvalue weighted by molar-refractivity contribution is 0.850. The van der Waals surface area contributed by atoms with E-state index in [1.54, 1.807) is 6.33 Å². The van der Waals surface area contributed by atoms with Gasteiger partial charge in [0.2, 0.25) is 0 Å². The van der Waals surface area contributed by atoms with Crippen molar-refractivity contribution in [2.75, 3.05) is 5.32 Å². The maximum atomic E-state index is 6.43. The van der Waals surface area contributed by atoms with Crippen LogP contribution in [0.2, 0.25) is 5.02 Å². The number of hydrogen-bond donors (Lipinski definition) is 1. The fraction of sp³-hybridized carbons (Fsp3) is 0.263. The van der Waals surface area contributed by atoms with E-state index < -0.39 is 0 Å². The van der Waals surface area contributed by atoms with Crippen LogP contribution in [-0.2, 0) is 6.42 Å². The number of nitrogens with zero attached hydrogens (tertiary/aromatic N) is 2. The second-order valence-electron chi connectivity index (χ2n) is 5.71. The number of fused-ring (bicyclic) bond motifs is 1. The first-order valence-electron chi connectivity index (χ1n) is 7.93. The van der Waals surface area contributed by atoms with Gasteiger partial charge in [0.05, 0.1) is 11.7 Å². The lowest BCUT2D eigenvalue weighted by atomic mass is 10.0. The van der Waals surface area contributed by atoms with E-state index >= 15 is 0 Å². The van der Waals surface area contributed by atoms with Gasteiger partial charge in [-0.25, -0.2) is 9.97 Å². The molecule has 0 aliphatic carbocycles. The third-order valence-corrected chi connectivity index (χ3v) is 4.37. The van der Waals surface area contributed by atoms with Crippen LogP contribution in [0.3, 0.4) is 0 Å². The lowest BCUT2D eigenvalue weighted by Crippen LogP contribution is -2.09. The van der Waals surface area contributed by atoms with Crippen LogP contribution in [0, 0.1) is 0 Å². The van der Waals surface area contributed by atoms with Gasteiger partial charge in [0.25, 0.3) is 0 Å². The molecule has 0 aliphatic rings. The monoisotopic (exact) mass is 325 g/mol. The Morgan fingerprint density at radius 3 is 2.65 bits per heavy atom. The molecule has 23 heavy (non-hydrogen) atoms. The fourth-order valence-corrected chi connectivity index (χ4v) is 2.93. The molecule has 1 heterocycles. The van der Waals surface area contributed by atoms with Crippen molar-refractivity contribution in [3.63, 3.8) is 0 Å². The molecule has 118 valence electrons. The average Bonchev–Trinajstić information content (AvgIpc) is 2.58. The third kappa shape index (κ3) is 3.45. The average molecular weight is 326 g/mol. The molecule has 2 aromatic carbocycles. The highest BCUT2D eigenvalue weighted by Gasteiger charge is 2.12. The molecule has 0 saturated carbocycles. The van der Waals surface area contributed by atoms with Crippen LogP contribution < -0.4 is 5.32 Å². The Morgan fingerprint density at radius 1 is 1.09 bits per heavy atom. The largest absolute Gasteiger partial charge is 0.362 e. The van der Waals surface area contributed by atoms with Crippen molar-refractivity contribution >= 4 is 28.2 Å². The fourth-order valence-electron chi connectivity index (χ4n) is 2.68. The number of hydrogen-bond acceptors (Lipinski definition) is 3. The van der Waals surface area contributed by atoms with Crippen molar-refractivity contribution < 1.29 is 0 Å². The molecular weight excluding hydrogens is 306 g/mol. The van der Waals surface area contributed by atoms with Gasteiger partial charge in [-0.05, 0) is 35.7 Å². The number of anilines is 1. The van der Waals surface area contributed by atoms with E-state index in [-0.39, 0.29) is 6.04 Å². The zero-order valence-electron chi connectivity index (χ0n) is 13.4. The van der Waals surface area contributed by atoms with E-state index in [0.29, 0.717) is 10.8 Å². The first-order chi connectivity index (χ1) is 11.2. The van der Waals surface area contributed by atoms with Crippen LogP contribution in [0.5, 0.6) is 0 Å². The summed E-state index contributed by atoms with van der Waals surface area (Å²) >= 11 is 6.43. The van der Waals surface area contributed by atoms with Gasteiger partial charge in [0.15, 0.2) is 0 Å². The van der Waals surface area contributed by atoms with Crippen molar-refractivity contribution in [2.24, 2.45) is 0 Å². The van der Waals surface area contributed by atoms with E-state index in [9.17, 15) is 0 Å². The summed E-state index contributed by atoms with van der Waals surface area (Å²) < 4.78 is 0. The second kappa shape index (κ2) is 6.97. The van der Waals surface area contributed by atoms with E-state index in [1.165, 1.54) is 16.3 Å². The normalized spacial score (nSPS) is 12.3. The molecule has 0 fully saturated rings. The van der Waals surface area contributed by atoms with Crippen molar-refractivity contribution in [2.45, 2.75) is 32.7 Å². The Kier molecular flexibility index (Phi) is 4.77. The van der Waals surface area contributed by atoms with Gasteiger partial charge in [-0.3, -0.25) is 0 Å². The Hall–Kier alpha value is -2.13. The van der Waals surface area contributed by atoms with Crippen LogP contribution in [0.25, 0.3) is 10.8 Å². The molecule has 0 bridgehead atoms. The standard InChI is InChI=1S/C19H20ClN3/c1-3-6-17-18(20)19(22-12-21-17)23-13(2)15-10-9-14-7-4-5-8-16(14)11-15/h4-5,7-13H,3,6H2,1-2H3,(H,21,22,23). The van der Waals surface area contributed by atoms with Gasteiger partial charge in [0.1, 0.15) is 17.2 Å². The number of nitrogens with one attached hydrogen (secondary N) is 1. The molecule has 1 N–H and O–H groups in total. The molecule has 3 nitrogen and oxygen atoms in total. The van der Waals surface area contributed by atoms with Crippen LogP contribution >= 0.6 is 11.6 Å². The van der Waals surface area contributed by atoms with E-state index in [4.69, 9.17) is 11.6 Å². The SMILES string of the molecule is CCCc1ncnc(NC(C)c2ccc3ccccc3c2)c1Cl. The van der Waals surface area contributed by atoms with Crippen LogP contribution in [-0.4, -0.2) is 9.97 Å². The Bertz CT molecular complexity index is 817. The van der Waals surface area contributed by atoms with Crippen molar-refractivity contribution in [1.29, 1.82) is 0 Å². The summed E-state index contributed by atoms with van der Waals surface area (Å²) in [5.74, 6) is 0.700. The summed E-state index contributed by atoms with van der Waals surface area (Å²) in [6.07, 6.45) is 3.45. The first-order valence-corrected chi connectivity index (χ1v) is 8.31. The Labute approximate surface area is 141 Å². The smallest absolute Gasteiger partial charge is 0.148 e. The molecular formula is C19H20ClN3. The highest BCUT2D eigenvalue weighted by molar-refractivity contribution is 6.33. The van der Waals surface area contributed by atoms with E-state index in [0.717, 1.165) is 18.5 Å². The highest BCUT2D eigenvalue weighted by Crippen LogP contribution is 2.28. The topological polar surface area (TPSA) is 37.8 Å². The number of benzene rings is 2. The Balaban J connectivity index is 1.85. The maximum absolute atomic E-state index is 6.43. The predicted molar refractivity (Wildman–Crippen MR) is 97.0 cm³/mol. The molecule has 0 amide bonds. The summed E-state index contributed by atoms with van der Waals surface area (Å²) in [5, 5.41) is 6.51. The van der Waals surface area contributed by atoms with Gasteiger partial charge in [-0.15, -0.1) is 0 Å².